The summed E-state index contributed by atoms with van der Waals surface area (Å²) in [4.78, 5) is 24.6. The van der Waals surface area contributed by atoms with Crippen molar-refractivity contribution in [1.82, 2.24) is 10.2 Å². The van der Waals surface area contributed by atoms with E-state index in [1.165, 1.54) is 0 Å². The third kappa shape index (κ3) is 5.38. The summed E-state index contributed by atoms with van der Waals surface area (Å²) < 4.78 is 0. The van der Waals surface area contributed by atoms with E-state index in [1.54, 1.807) is 4.90 Å². The highest BCUT2D eigenvalue weighted by Crippen LogP contribution is 2.22. The summed E-state index contributed by atoms with van der Waals surface area (Å²) in [6, 6.07) is -0.482. The summed E-state index contributed by atoms with van der Waals surface area (Å²) >= 11 is 0. The Balaban J connectivity index is 4.77. The third-order valence-electron chi connectivity index (χ3n) is 2.95. The van der Waals surface area contributed by atoms with Crippen molar-refractivity contribution in [2.45, 2.75) is 60.0 Å². The highest BCUT2D eigenvalue weighted by atomic mass is 16.4. The molecule has 0 heterocycles. The molecule has 1 unspecified atom stereocenters. The Kier molecular flexibility index (Phi) is 6.15. The fourth-order valence-corrected chi connectivity index (χ4v) is 1.72. The molecule has 1 atom stereocenters. The van der Waals surface area contributed by atoms with Gasteiger partial charge in [-0.1, -0.05) is 20.8 Å². The SMILES string of the molecule is CCN(C(=O)NC(CC(=O)O)C(C)(C)C)C(C)C. The van der Waals surface area contributed by atoms with E-state index in [-0.39, 0.29) is 30.0 Å². The number of nitrogens with one attached hydrogen (secondary N) is 1. The number of carboxylic acid groups (broad SMARTS) is 1. The number of rotatable bonds is 5. The number of urea groups is 1. The average Bonchev–Trinajstić information content (AvgIpc) is 2.14. The zero-order valence-electron chi connectivity index (χ0n) is 12.3. The number of aliphatic carboxylic acids is 1. The summed E-state index contributed by atoms with van der Waals surface area (Å²) in [6.07, 6.45) is -0.0646. The summed E-state index contributed by atoms with van der Waals surface area (Å²) in [5.41, 5.74) is -0.287. The van der Waals surface area contributed by atoms with Crippen molar-refractivity contribution >= 4 is 12.0 Å². The van der Waals surface area contributed by atoms with Crippen molar-refractivity contribution in [3.63, 3.8) is 0 Å². The molecular formula is C13H26N2O3. The van der Waals surface area contributed by atoms with Gasteiger partial charge in [0.1, 0.15) is 0 Å². The molecule has 0 saturated heterocycles. The van der Waals surface area contributed by atoms with Gasteiger partial charge in [-0.2, -0.15) is 0 Å². The van der Waals surface area contributed by atoms with Crippen LogP contribution in [0.5, 0.6) is 0 Å². The lowest BCUT2D eigenvalue weighted by Gasteiger charge is -2.34. The van der Waals surface area contributed by atoms with Crippen LogP contribution in [0.4, 0.5) is 4.79 Å². The monoisotopic (exact) mass is 258 g/mol. The Bertz CT molecular complexity index is 295. The van der Waals surface area contributed by atoms with Crippen molar-refractivity contribution in [3.8, 4) is 0 Å². The lowest BCUT2D eigenvalue weighted by molar-refractivity contribution is -0.138. The Labute approximate surface area is 110 Å². The second-order valence-electron chi connectivity index (χ2n) is 5.85. The van der Waals surface area contributed by atoms with Crippen molar-refractivity contribution in [2.75, 3.05) is 6.54 Å². The number of carbonyl (C=O) groups is 2. The Morgan fingerprint density at radius 2 is 1.78 bits per heavy atom. The van der Waals surface area contributed by atoms with Crippen molar-refractivity contribution in [1.29, 1.82) is 0 Å². The number of amides is 2. The zero-order chi connectivity index (χ0) is 14.5. The molecular weight excluding hydrogens is 232 g/mol. The van der Waals surface area contributed by atoms with E-state index in [1.807, 2.05) is 41.5 Å². The molecule has 0 bridgehead atoms. The van der Waals surface area contributed by atoms with Crippen LogP contribution in [0.25, 0.3) is 0 Å². The minimum Gasteiger partial charge on any atom is -0.481 e. The van der Waals surface area contributed by atoms with Gasteiger partial charge >= 0.3 is 12.0 Å². The quantitative estimate of drug-likeness (QED) is 0.795. The van der Waals surface area contributed by atoms with Gasteiger partial charge in [0.2, 0.25) is 0 Å². The number of hydrogen-bond donors (Lipinski definition) is 2. The maximum atomic E-state index is 12.1. The van der Waals surface area contributed by atoms with Crippen LogP contribution in [-0.4, -0.2) is 40.6 Å². The van der Waals surface area contributed by atoms with E-state index in [4.69, 9.17) is 5.11 Å². The van der Waals surface area contributed by atoms with Gasteiger partial charge in [-0.3, -0.25) is 4.79 Å². The summed E-state index contributed by atoms with van der Waals surface area (Å²) in [6.45, 7) is 12.2. The van der Waals surface area contributed by atoms with E-state index < -0.39 is 5.97 Å². The molecule has 106 valence electrons. The van der Waals surface area contributed by atoms with E-state index in [0.717, 1.165) is 0 Å². The summed E-state index contributed by atoms with van der Waals surface area (Å²) in [5.74, 6) is -0.900. The second kappa shape index (κ2) is 6.61. The molecule has 0 saturated carbocycles. The lowest BCUT2D eigenvalue weighted by Crippen LogP contribution is -2.52. The molecule has 0 rings (SSSR count). The molecule has 0 aromatic carbocycles. The van der Waals surface area contributed by atoms with Gasteiger partial charge in [0, 0.05) is 18.6 Å². The third-order valence-corrected chi connectivity index (χ3v) is 2.95. The molecule has 2 N–H and O–H groups in total. The average molecular weight is 258 g/mol. The van der Waals surface area contributed by atoms with E-state index in [9.17, 15) is 9.59 Å². The minimum atomic E-state index is -0.900. The van der Waals surface area contributed by atoms with Crippen molar-refractivity contribution in [2.24, 2.45) is 5.41 Å². The number of nitrogens with zero attached hydrogens (tertiary/aromatic N) is 1. The van der Waals surface area contributed by atoms with Gasteiger partial charge in [0.25, 0.3) is 0 Å². The normalized spacial score (nSPS) is 13.3. The molecule has 0 radical (unpaired) electrons. The standard InChI is InChI=1S/C13H26N2O3/c1-7-15(9(2)3)12(18)14-10(8-11(16)17)13(4,5)6/h9-10H,7-8H2,1-6H3,(H,14,18)(H,16,17). The van der Waals surface area contributed by atoms with Gasteiger partial charge in [0.15, 0.2) is 0 Å². The molecule has 5 nitrogen and oxygen atoms in total. The van der Waals surface area contributed by atoms with Crippen LogP contribution >= 0.6 is 0 Å². The Hall–Kier alpha value is -1.26. The minimum absolute atomic E-state index is 0.0646. The van der Waals surface area contributed by atoms with Gasteiger partial charge in [-0.05, 0) is 26.2 Å². The molecule has 5 heteroatoms. The molecule has 2 amide bonds. The molecule has 0 fully saturated rings. The fourth-order valence-electron chi connectivity index (χ4n) is 1.72. The molecule has 0 aliphatic carbocycles. The largest absolute Gasteiger partial charge is 0.481 e. The van der Waals surface area contributed by atoms with Crippen LogP contribution in [0.2, 0.25) is 0 Å². The highest BCUT2D eigenvalue weighted by molar-refractivity contribution is 5.76. The first kappa shape index (κ1) is 16.7. The van der Waals surface area contributed by atoms with E-state index in [0.29, 0.717) is 6.54 Å². The maximum absolute atomic E-state index is 12.1. The van der Waals surface area contributed by atoms with Crippen molar-refractivity contribution < 1.29 is 14.7 Å². The fraction of sp³-hybridized carbons (Fsp3) is 0.846. The van der Waals surface area contributed by atoms with Gasteiger partial charge in [0.05, 0.1) is 6.42 Å². The van der Waals surface area contributed by atoms with Crippen LogP contribution < -0.4 is 5.32 Å². The van der Waals surface area contributed by atoms with Gasteiger partial charge in [-0.15, -0.1) is 0 Å². The first-order chi connectivity index (χ1) is 8.09. The summed E-state index contributed by atoms with van der Waals surface area (Å²) in [5, 5.41) is 11.7. The lowest BCUT2D eigenvalue weighted by atomic mass is 9.85. The zero-order valence-corrected chi connectivity index (χ0v) is 12.3. The first-order valence-corrected chi connectivity index (χ1v) is 6.38. The smallest absolute Gasteiger partial charge is 0.317 e. The highest BCUT2D eigenvalue weighted by Gasteiger charge is 2.30. The molecule has 0 spiro atoms. The van der Waals surface area contributed by atoms with Crippen LogP contribution in [0.3, 0.4) is 0 Å². The Morgan fingerprint density at radius 1 is 1.28 bits per heavy atom. The van der Waals surface area contributed by atoms with Gasteiger partial charge < -0.3 is 15.3 Å². The molecule has 18 heavy (non-hydrogen) atoms. The molecule has 0 aliphatic rings. The number of carboxylic acids is 1. The predicted molar refractivity (Wildman–Crippen MR) is 71.5 cm³/mol. The molecule has 0 aliphatic heterocycles. The number of hydrogen-bond acceptors (Lipinski definition) is 2. The first-order valence-electron chi connectivity index (χ1n) is 6.38. The van der Waals surface area contributed by atoms with Crippen LogP contribution in [0.15, 0.2) is 0 Å². The van der Waals surface area contributed by atoms with Crippen LogP contribution in [0, 0.1) is 5.41 Å². The van der Waals surface area contributed by atoms with E-state index in [2.05, 4.69) is 5.32 Å². The van der Waals surface area contributed by atoms with Gasteiger partial charge in [-0.25, -0.2) is 4.79 Å². The van der Waals surface area contributed by atoms with Crippen LogP contribution in [0.1, 0.15) is 48.0 Å². The number of carbonyl (C=O) groups excluding carboxylic acids is 1. The predicted octanol–water partition coefficient (Wildman–Crippen LogP) is 2.32. The van der Waals surface area contributed by atoms with Crippen molar-refractivity contribution in [3.05, 3.63) is 0 Å². The summed E-state index contributed by atoms with van der Waals surface area (Å²) in [7, 11) is 0. The molecule has 0 aromatic heterocycles. The second-order valence-corrected chi connectivity index (χ2v) is 5.85. The van der Waals surface area contributed by atoms with E-state index >= 15 is 0 Å². The topological polar surface area (TPSA) is 69.6 Å². The Morgan fingerprint density at radius 3 is 2.06 bits per heavy atom. The van der Waals surface area contributed by atoms with Crippen LogP contribution in [-0.2, 0) is 4.79 Å². The molecule has 0 aromatic rings. The maximum Gasteiger partial charge on any atom is 0.317 e.